The number of halogens is 1. The average Bonchev–Trinajstić information content (AvgIpc) is 2.95. The minimum absolute atomic E-state index is 0.0960. The summed E-state index contributed by atoms with van der Waals surface area (Å²) < 4.78 is 16.4. The smallest absolute Gasteiger partial charge is 0.306 e. The zero-order chi connectivity index (χ0) is 27.5. The molecular formula is C30H25ClN2O6. The first kappa shape index (κ1) is 27.2. The zero-order valence-corrected chi connectivity index (χ0v) is 21.5. The maximum Gasteiger partial charge on any atom is 0.306 e. The van der Waals surface area contributed by atoms with E-state index in [-0.39, 0.29) is 18.7 Å². The molecule has 2 N–H and O–H groups in total. The molecule has 0 spiro atoms. The van der Waals surface area contributed by atoms with E-state index in [4.69, 9.17) is 25.8 Å². The maximum absolute atomic E-state index is 12.2. The van der Waals surface area contributed by atoms with Gasteiger partial charge in [-0.05, 0) is 72.8 Å². The summed E-state index contributed by atoms with van der Waals surface area (Å²) in [5.41, 5.74) is 1.07. The number of anilines is 2. The second-order valence-electron chi connectivity index (χ2n) is 8.25. The van der Waals surface area contributed by atoms with Gasteiger partial charge in [0.15, 0.2) is 6.61 Å². The quantitative estimate of drug-likeness (QED) is 0.201. The highest BCUT2D eigenvalue weighted by Crippen LogP contribution is 2.29. The topological polar surface area (TPSA) is 103 Å². The van der Waals surface area contributed by atoms with Crippen LogP contribution in [0.15, 0.2) is 103 Å². The van der Waals surface area contributed by atoms with Gasteiger partial charge in [0.1, 0.15) is 23.0 Å². The molecule has 9 heteroatoms. The van der Waals surface area contributed by atoms with Gasteiger partial charge in [-0.15, -0.1) is 0 Å². The van der Waals surface area contributed by atoms with E-state index in [1.54, 1.807) is 60.7 Å². The number of esters is 1. The van der Waals surface area contributed by atoms with E-state index < -0.39 is 18.5 Å². The molecule has 0 bridgehead atoms. The van der Waals surface area contributed by atoms with Crippen molar-refractivity contribution in [1.82, 2.24) is 0 Å². The fraction of sp³-hybridized carbons (Fsp3) is 0.100. The van der Waals surface area contributed by atoms with E-state index in [0.717, 1.165) is 0 Å². The van der Waals surface area contributed by atoms with Crippen molar-refractivity contribution >= 4 is 40.8 Å². The molecular weight excluding hydrogens is 520 g/mol. The molecule has 0 aliphatic carbocycles. The molecule has 0 fully saturated rings. The zero-order valence-electron chi connectivity index (χ0n) is 20.8. The van der Waals surface area contributed by atoms with Gasteiger partial charge in [-0.25, -0.2) is 0 Å². The summed E-state index contributed by atoms with van der Waals surface area (Å²) in [5, 5.41) is 5.83. The summed E-state index contributed by atoms with van der Waals surface area (Å²) in [7, 11) is 0. The van der Waals surface area contributed by atoms with Crippen LogP contribution >= 0.6 is 11.6 Å². The van der Waals surface area contributed by atoms with Crippen LogP contribution in [0.5, 0.6) is 23.0 Å². The molecule has 8 nitrogen and oxygen atoms in total. The van der Waals surface area contributed by atoms with E-state index in [1.165, 1.54) is 0 Å². The van der Waals surface area contributed by atoms with Gasteiger partial charge in [0, 0.05) is 17.8 Å². The van der Waals surface area contributed by atoms with E-state index in [9.17, 15) is 14.4 Å². The van der Waals surface area contributed by atoms with Crippen LogP contribution in [0.25, 0.3) is 0 Å². The number of ether oxygens (including phenoxy) is 3. The molecule has 0 radical (unpaired) electrons. The molecule has 4 aromatic carbocycles. The third-order valence-electron chi connectivity index (χ3n) is 5.24. The lowest BCUT2D eigenvalue weighted by Crippen LogP contribution is -2.21. The van der Waals surface area contributed by atoms with Crippen molar-refractivity contribution in [2.45, 2.75) is 12.8 Å². The number of hydrogen-bond donors (Lipinski definition) is 2. The minimum Gasteiger partial charge on any atom is -0.457 e. The Morgan fingerprint density at radius 2 is 1.13 bits per heavy atom. The molecule has 0 saturated heterocycles. The molecule has 39 heavy (non-hydrogen) atoms. The Hall–Kier alpha value is -4.82. The molecule has 0 aliphatic heterocycles. The Morgan fingerprint density at radius 3 is 1.77 bits per heavy atom. The molecule has 0 atom stereocenters. The summed E-state index contributed by atoms with van der Waals surface area (Å²) >= 11 is 6.09. The van der Waals surface area contributed by atoms with Crippen LogP contribution in [0.1, 0.15) is 12.8 Å². The highest BCUT2D eigenvalue weighted by Gasteiger charge is 2.12. The summed E-state index contributed by atoms with van der Waals surface area (Å²) in [6.07, 6.45) is -0.264. The van der Waals surface area contributed by atoms with E-state index in [0.29, 0.717) is 39.4 Å². The number of nitrogens with one attached hydrogen (secondary N) is 2. The Labute approximate surface area is 230 Å². The highest BCUT2D eigenvalue weighted by atomic mass is 35.5. The predicted octanol–water partition coefficient (Wildman–Crippen LogP) is 6.83. The standard InChI is InChI=1S/C30H25ClN2O6/c31-26-8-4-5-9-27(26)39-25-16-12-21(13-17-25)32-28(34)18-19-30(36)37-20-29(35)33-22-10-14-24(15-11-22)38-23-6-2-1-3-7-23/h1-17H,18-20H2,(H,32,34)(H,33,35). The molecule has 0 aliphatic rings. The van der Waals surface area contributed by atoms with Crippen molar-refractivity contribution in [2.75, 3.05) is 17.2 Å². The number of para-hydroxylation sites is 2. The fourth-order valence-corrected chi connectivity index (χ4v) is 3.52. The Kier molecular flexibility index (Phi) is 9.52. The SMILES string of the molecule is O=C(CCC(=O)OCC(=O)Nc1ccc(Oc2ccccc2)cc1)Nc1ccc(Oc2ccccc2Cl)cc1. The number of amides is 2. The van der Waals surface area contributed by atoms with Gasteiger partial charge in [0.25, 0.3) is 5.91 Å². The third kappa shape index (κ3) is 8.91. The molecule has 2 amide bonds. The van der Waals surface area contributed by atoms with Crippen LogP contribution in [0.4, 0.5) is 11.4 Å². The highest BCUT2D eigenvalue weighted by molar-refractivity contribution is 6.32. The maximum atomic E-state index is 12.2. The minimum atomic E-state index is -0.657. The number of carbonyl (C=O) groups is 3. The second kappa shape index (κ2) is 13.6. The average molecular weight is 545 g/mol. The first-order chi connectivity index (χ1) is 18.9. The van der Waals surface area contributed by atoms with Crippen molar-refractivity contribution in [3.63, 3.8) is 0 Å². The van der Waals surface area contributed by atoms with Crippen molar-refractivity contribution in [3.8, 4) is 23.0 Å². The number of rotatable bonds is 11. The van der Waals surface area contributed by atoms with Gasteiger partial charge in [0.2, 0.25) is 5.91 Å². The summed E-state index contributed by atoms with van der Waals surface area (Å²) in [4.78, 5) is 36.3. The van der Waals surface area contributed by atoms with Crippen LogP contribution in [0.2, 0.25) is 5.02 Å². The van der Waals surface area contributed by atoms with Gasteiger partial charge < -0.3 is 24.8 Å². The van der Waals surface area contributed by atoms with Gasteiger partial charge in [-0.1, -0.05) is 41.9 Å². The van der Waals surface area contributed by atoms with Gasteiger partial charge >= 0.3 is 5.97 Å². The van der Waals surface area contributed by atoms with Crippen LogP contribution in [0, 0.1) is 0 Å². The Balaban J connectivity index is 1.13. The number of carbonyl (C=O) groups excluding carboxylic acids is 3. The normalized spacial score (nSPS) is 10.3. The largest absolute Gasteiger partial charge is 0.457 e. The Bertz CT molecular complexity index is 1410. The van der Waals surface area contributed by atoms with Crippen molar-refractivity contribution < 1.29 is 28.6 Å². The molecule has 0 unspecified atom stereocenters. The number of benzene rings is 4. The molecule has 0 saturated carbocycles. The van der Waals surface area contributed by atoms with Gasteiger partial charge in [0.05, 0.1) is 11.4 Å². The second-order valence-corrected chi connectivity index (χ2v) is 8.66. The van der Waals surface area contributed by atoms with Crippen LogP contribution < -0.4 is 20.1 Å². The van der Waals surface area contributed by atoms with E-state index in [1.807, 2.05) is 42.5 Å². The lowest BCUT2D eigenvalue weighted by Gasteiger charge is -2.09. The van der Waals surface area contributed by atoms with Gasteiger partial charge in [-0.3, -0.25) is 14.4 Å². The van der Waals surface area contributed by atoms with Crippen LogP contribution in [-0.4, -0.2) is 24.4 Å². The summed E-state index contributed by atoms with van der Waals surface area (Å²) in [6, 6.07) is 29.9. The van der Waals surface area contributed by atoms with Crippen molar-refractivity contribution in [3.05, 3.63) is 108 Å². The monoisotopic (exact) mass is 544 g/mol. The van der Waals surface area contributed by atoms with Crippen LogP contribution in [-0.2, 0) is 19.1 Å². The molecule has 0 heterocycles. The van der Waals surface area contributed by atoms with E-state index in [2.05, 4.69) is 10.6 Å². The summed E-state index contributed by atoms with van der Waals surface area (Å²) in [6.45, 7) is -0.463. The van der Waals surface area contributed by atoms with Crippen LogP contribution in [0.3, 0.4) is 0 Å². The molecule has 0 aromatic heterocycles. The lowest BCUT2D eigenvalue weighted by atomic mass is 10.2. The fourth-order valence-electron chi connectivity index (χ4n) is 3.35. The summed E-state index contributed by atoms with van der Waals surface area (Å²) in [5.74, 6) is 0.874. The third-order valence-corrected chi connectivity index (χ3v) is 5.55. The first-order valence-corrected chi connectivity index (χ1v) is 12.4. The number of hydrogen-bond acceptors (Lipinski definition) is 6. The molecule has 198 valence electrons. The Morgan fingerprint density at radius 1 is 0.590 bits per heavy atom. The molecule has 4 aromatic rings. The van der Waals surface area contributed by atoms with Crippen molar-refractivity contribution in [2.24, 2.45) is 0 Å². The lowest BCUT2D eigenvalue weighted by molar-refractivity contribution is -0.147. The predicted molar refractivity (Wildman–Crippen MR) is 148 cm³/mol. The molecule has 4 rings (SSSR count). The first-order valence-electron chi connectivity index (χ1n) is 12.1. The van der Waals surface area contributed by atoms with Gasteiger partial charge in [-0.2, -0.15) is 0 Å². The van der Waals surface area contributed by atoms with E-state index >= 15 is 0 Å². The van der Waals surface area contributed by atoms with Crippen molar-refractivity contribution in [1.29, 1.82) is 0 Å².